The molecule has 1 amide bonds. The maximum Gasteiger partial charge on any atom is 0.435 e. The third-order valence-corrected chi connectivity index (χ3v) is 4.90. The van der Waals surface area contributed by atoms with Gasteiger partial charge < -0.3 is 19.7 Å². The minimum absolute atomic E-state index is 0.213. The van der Waals surface area contributed by atoms with Crippen LogP contribution in [0.5, 0.6) is 0 Å². The van der Waals surface area contributed by atoms with Crippen molar-refractivity contribution in [3.8, 4) is 0 Å². The maximum absolute atomic E-state index is 12.6. The first kappa shape index (κ1) is 23.1. The van der Waals surface area contributed by atoms with E-state index in [9.17, 15) is 9.59 Å². The minimum atomic E-state index is -0.593. The Kier molecular flexibility index (Phi) is 6.59. The molecule has 1 aliphatic heterocycles. The van der Waals surface area contributed by atoms with Gasteiger partial charge >= 0.3 is 12.2 Å². The van der Waals surface area contributed by atoms with Crippen molar-refractivity contribution in [1.29, 1.82) is 0 Å². The molecule has 1 aromatic carbocycles. The van der Waals surface area contributed by atoms with Crippen LogP contribution in [0.3, 0.4) is 0 Å². The van der Waals surface area contributed by atoms with Crippen LogP contribution in [0.25, 0.3) is 10.9 Å². The van der Waals surface area contributed by atoms with E-state index in [1.807, 2.05) is 59.7 Å². The van der Waals surface area contributed by atoms with E-state index in [2.05, 4.69) is 10.4 Å². The third-order valence-electron chi connectivity index (χ3n) is 4.90. The number of ether oxygens (including phenoxy) is 2. The number of rotatable bonds is 2. The van der Waals surface area contributed by atoms with Crippen LogP contribution in [0.2, 0.25) is 0 Å². The molecular formula is C23H34N4O4. The summed E-state index contributed by atoms with van der Waals surface area (Å²) in [5.41, 5.74) is 0.695. The zero-order chi connectivity index (χ0) is 22.8. The summed E-state index contributed by atoms with van der Waals surface area (Å²) in [6.07, 6.45) is 1.69. The molecule has 2 aromatic rings. The van der Waals surface area contributed by atoms with E-state index in [0.29, 0.717) is 13.1 Å². The molecule has 170 valence electrons. The Morgan fingerprint density at radius 1 is 1.10 bits per heavy atom. The second-order valence-electron chi connectivity index (χ2n) is 10.1. The summed E-state index contributed by atoms with van der Waals surface area (Å²) in [5.74, 6) is 0.213. The van der Waals surface area contributed by atoms with Crippen LogP contribution in [0.4, 0.5) is 9.59 Å². The molecule has 8 nitrogen and oxygen atoms in total. The standard InChI is InChI=1S/C23H34N4O4/c1-22(2,3)30-20(28)26-11-10-24-13-16(15-26)12-17-8-7-9-19-18(17)14-25-27(19)21(29)31-23(4,5)6/h7-9,14,16,24H,10-13,15H2,1-6H3. The van der Waals surface area contributed by atoms with Crippen LogP contribution in [0, 0.1) is 5.92 Å². The molecule has 1 aliphatic rings. The highest BCUT2D eigenvalue weighted by Gasteiger charge is 2.27. The Morgan fingerprint density at radius 2 is 1.77 bits per heavy atom. The zero-order valence-electron chi connectivity index (χ0n) is 19.4. The molecule has 8 heteroatoms. The van der Waals surface area contributed by atoms with Crippen LogP contribution < -0.4 is 5.32 Å². The number of amides is 1. The number of benzene rings is 1. The van der Waals surface area contributed by atoms with E-state index in [1.165, 1.54) is 4.68 Å². The Hall–Kier alpha value is -2.61. The lowest BCUT2D eigenvalue weighted by Crippen LogP contribution is -2.40. The van der Waals surface area contributed by atoms with Gasteiger partial charge in [0.2, 0.25) is 0 Å². The fourth-order valence-corrected chi connectivity index (χ4v) is 3.67. The number of carbonyl (C=O) groups is 2. The van der Waals surface area contributed by atoms with Crippen molar-refractivity contribution in [2.45, 2.75) is 59.2 Å². The van der Waals surface area contributed by atoms with Crippen molar-refractivity contribution in [3.63, 3.8) is 0 Å². The van der Waals surface area contributed by atoms with Gasteiger partial charge in [0.25, 0.3) is 0 Å². The number of nitrogens with one attached hydrogen (secondary N) is 1. The van der Waals surface area contributed by atoms with Crippen molar-refractivity contribution >= 4 is 23.1 Å². The lowest BCUT2D eigenvalue weighted by Gasteiger charge is -2.28. The average Bonchev–Trinajstić information content (AvgIpc) is 2.92. The number of hydrogen-bond donors (Lipinski definition) is 1. The fraction of sp³-hybridized carbons (Fsp3) is 0.609. The van der Waals surface area contributed by atoms with E-state index in [0.717, 1.165) is 36.0 Å². The molecule has 1 aromatic heterocycles. The first-order valence-electron chi connectivity index (χ1n) is 10.8. The number of nitrogens with zero attached hydrogens (tertiary/aromatic N) is 3. The van der Waals surface area contributed by atoms with Gasteiger partial charge in [-0.2, -0.15) is 9.78 Å². The van der Waals surface area contributed by atoms with Gasteiger partial charge in [0, 0.05) is 31.6 Å². The first-order valence-corrected chi connectivity index (χ1v) is 10.8. The molecule has 1 unspecified atom stereocenters. The second kappa shape index (κ2) is 8.86. The maximum atomic E-state index is 12.6. The predicted molar refractivity (Wildman–Crippen MR) is 119 cm³/mol. The minimum Gasteiger partial charge on any atom is -0.444 e. The number of fused-ring (bicyclic) bond motifs is 1. The van der Waals surface area contributed by atoms with Gasteiger partial charge in [0.15, 0.2) is 0 Å². The quantitative estimate of drug-likeness (QED) is 0.780. The van der Waals surface area contributed by atoms with Crippen molar-refractivity contribution in [2.75, 3.05) is 26.2 Å². The molecule has 1 atom stereocenters. The van der Waals surface area contributed by atoms with Crippen LogP contribution in [0.1, 0.15) is 47.1 Å². The highest BCUT2D eigenvalue weighted by molar-refractivity contribution is 5.89. The Balaban J connectivity index is 1.78. The van der Waals surface area contributed by atoms with Crippen LogP contribution >= 0.6 is 0 Å². The summed E-state index contributed by atoms with van der Waals surface area (Å²) in [7, 11) is 0. The van der Waals surface area contributed by atoms with E-state index in [1.54, 1.807) is 11.1 Å². The van der Waals surface area contributed by atoms with Crippen molar-refractivity contribution < 1.29 is 19.1 Å². The molecule has 1 fully saturated rings. The normalized spacial score (nSPS) is 18.0. The van der Waals surface area contributed by atoms with E-state index in [-0.39, 0.29) is 12.0 Å². The molecule has 0 radical (unpaired) electrons. The molecule has 0 aliphatic carbocycles. The molecular weight excluding hydrogens is 396 g/mol. The van der Waals surface area contributed by atoms with Crippen molar-refractivity contribution in [1.82, 2.24) is 20.0 Å². The summed E-state index contributed by atoms with van der Waals surface area (Å²) in [5, 5.41) is 8.61. The molecule has 0 saturated carbocycles. The van der Waals surface area contributed by atoms with Crippen LogP contribution in [0.15, 0.2) is 24.4 Å². The van der Waals surface area contributed by atoms with E-state index in [4.69, 9.17) is 9.47 Å². The first-order chi connectivity index (χ1) is 14.4. The summed E-state index contributed by atoms with van der Waals surface area (Å²) in [6.45, 7) is 13.9. The van der Waals surface area contributed by atoms with Gasteiger partial charge in [-0.1, -0.05) is 12.1 Å². The fourth-order valence-electron chi connectivity index (χ4n) is 3.67. The van der Waals surface area contributed by atoms with Crippen LogP contribution in [-0.2, 0) is 15.9 Å². The second-order valence-corrected chi connectivity index (χ2v) is 10.1. The van der Waals surface area contributed by atoms with Crippen molar-refractivity contribution in [2.24, 2.45) is 5.92 Å². The summed E-state index contributed by atoms with van der Waals surface area (Å²) < 4.78 is 12.3. The SMILES string of the molecule is CC(C)(C)OC(=O)N1CCNCC(Cc2cccc3c2cnn3C(=O)OC(C)(C)C)C1. The zero-order valence-corrected chi connectivity index (χ0v) is 19.4. The topological polar surface area (TPSA) is 85.7 Å². The highest BCUT2D eigenvalue weighted by atomic mass is 16.6. The molecule has 1 saturated heterocycles. The number of hydrogen-bond acceptors (Lipinski definition) is 6. The summed E-state index contributed by atoms with van der Waals surface area (Å²) in [6, 6.07) is 5.84. The van der Waals surface area contributed by atoms with Gasteiger partial charge in [-0.25, -0.2) is 9.59 Å². The molecule has 0 bridgehead atoms. The molecule has 0 spiro atoms. The third kappa shape index (κ3) is 6.19. The Morgan fingerprint density at radius 3 is 2.45 bits per heavy atom. The van der Waals surface area contributed by atoms with Gasteiger partial charge in [0.05, 0.1) is 11.7 Å². The largest absolute Gasteiger partial charge is 0.444 e. The van der Waals surface area contributed by atoms with Crippen molar-refractivity contribution in [3.05, 3.63) is 30.0 Å². The smallest absolute Gasteiger partial charge is 0.435 e. The number of carbonyl (C=O) groups excluding carboxylic acids is 2. The summed E-state index contributed by atoms with van der Waals surface area (Å²) in [4.78, 5) is 26.9. The Labute approximate surface area is 183 Å². The molecule has 1 N–H and O–H groups in total. The van der Waals surface area contributed by atoms with Gasteiger partial charge in [-0.3, -0.25) is 0 Å². The van der Waals surface area contributed by atoms with Gasteiger partial charge in [-0.15, -0.1) is 0 Å². The van der Waals surface area contributed by atoms with Crippen LogP contribution in [-0.4, -0.2) is 64.2 Å². The lowest BCUT2D eigenvalue weighted by molar-refractivity contribution is 0.0241. The van der Waals surface area contributed by atoms with E-state index >= 15 is 0 Å². The highest BCUT2D eigenvalue weighted by Crippen LogP contribution is 2.23. The predicted octanol–water partition coefficient (Wildman–Crippen LogP) is 3.82. The summed E-state index contributed by atoms with van der Waals surface area (Å²) >= 11 is 0. The van der Waals surface area contributed by atoms with E-state index < -0.39 is 17.3 Å². The van der Waals surface area contributed by atoms with Gasteiger partial charge in [-0.05, 0) is 65.5 Å². The molecule has 31 heavy (non-hydrogen) atoms. The average molecular weight is 431 g/mol. The molecule has 3 rings (SSSR count). The van der Waals surface area contributed by atoms with Gasteiger partial charge in [0.1, 0.15) is 11.2 Å². The lowest BCUT2D eigenvalue weighted by atomic mass is 9.96. The monoisotopic (exact) mass is 430 g/mol. The molecule has 2 heterocycles. The Bertz CT molecular complexity index is 939. The number of aromatic nitrogens is 2.